The molecule has 1 aliphatic rings. The van der Waals surface area contributed by atoms with E-state index < -0.39 is 0 Å². The Bertz CT molecular complexity index is 729. The maximum absolute atomic E-state index is 12.4. The predicted octanol–water partition coefficient (Wildman–Crippen LogP) is 2.88. The van der Waals surface area contributed by atoms with Crippen LogP contribution in [0.25, 0.3) is 0 Å². The van der Waals surface area contributed by atoms with E-state index in [1.807, 2.05) is 35.2 Å². The minimum absolute atomic E-state index is 0.0900. The maximum atomic E-state index is 12.4. The molecule has 25 heavy (non-hydrogen) atoms. The first-order chi connectivity index (χ1) is 12.2. The van der Waals surface area contributed by atoms with E-state index in [4.69, 9.17) is 14.2 Å². The Balaban J connectivity index is 1.91. The van der Waals surface area contributed by atoms with Gasteiger partial charge in [-0.2, -0.15) is 0 Å². The van der Waals surface area contributed by atoms with Crippen LogP contribution in [0.4, 0.5) is 0 Å². The van der Waals surface area contributed by atoms with Gasteiger partial charge < -0.3 is 19.1 Å². The van der Waals surface area contributed by atoms with E-state index in [1.165, 1.54) is 0 Å². The van der Waals surface area contributed by atoms with Gasteiger partial charge in [0, 0.05) is 12.7 Å². The van der Waals surface area contributed by atoms with E-state index in [0.717, 1.165) is 11.3 Å². The minimum atomic E-state index is -0.0900. The number of aromatic nitrogens is 1. The van der Waals surface area contributed by atoms with Crippen molar-refractivity contribution in [2.75, 3.05) is 27.1 Å². The average molecular weight is 360 g/mol. The number of rotatable bonds is 6. The molecule has 1 amide bonds. The summed E-state index contributed by atoms with van der Waals surface area (Å²) in [5.41, 5.74) is 1.79. The number of carbonyl (C=O) groups excluding carboxylic acids is 1. The van der Waals surface area contributed by atoms with Crippen LogP contribution in [0, 0.1) is 0 Å². The molecule has 7 heteroatoms. The molecule has 1 saturated heterocycles. The van der Waals surface area contributed by atoms with Gasteiger partial charge in [-0.15, -0.1) is 11.8 Å². The monoisotopic (exact) mass is 360 g/mol. The van der Waals surface area contributed by atoms with Crippen molar-refractivity contribution in [1.29, 1.82) is 0 Å². The summed E-state index contributed by atoms with van der Waals surface area (Å²) in [5.74, 6) is 2.23. The van der Waals surface area contributed by atoms with Crippen LogP contribution in [0.5, 0.6) is 17.2 Å². The Hall–Kier alpha value is -2.41. The zero-order chi connectivity index (χ0) is 17.8. The average Bonchev–Trinajstić information content (AvgIpc) is 3.02. The molecule has 0 bridgehead atoms. The lowest BCUT2D eigenvalue weighted by molar-refractivity contribution is -0.128. The van der Waals surface area contributed by atoms with Crippen LogP contribution < -0.4 is 14.2 Å². The molecule has 132 valence electrons. The number of amides is 1. The molecule has 0 radical (unpaired) electrons. The summed E-state index contributed by atoms with van der Waals surface area (Å²) in [5, 5.41) is -0.0900. The number of ether oxygens (including phenoxy) is 3. The molecule has 1 atom stereocenters. The van der Waals surface area contributed by atoms with Gasteiger partial charge in [-0.3, -0.25) is 9.78 Å². The molecular weight excluding hydrogens is 340 g/mol. The van der Waals surface area contributed by atoms with Gasteiger partial charge in [-0.05, 0) is 29.8 Å². The predicted molar refractivity (Wildman–Crippen MR) is 96.1 cm³/mol. The maximum Gasteiger partial charge on any atom is 0.234 e. The van der Waals surface area contributed by atoms with E-state index in [-0.39, 0.29) is 11.3 Å². The quantitative estimate of drug-likeness (QED) is 0.789. The molecule has 1 aromatic heterocycles. The number of pyridine rings is 1. The van der Waals surface area contributed by atoms with E-state index >= 15 is 0 Å². The molecule has 2 heterocycles. The fourth-order valence-electron chi connectivity index (χ4n) is 2.82. The highest BCUT2D eigenvalue weighted by molar-refractivity contribution is 8.00. The molecule has 6 nitrogen and oxygen atoms in total. The van der Waals surface area contributed by atoms with E-state index in [1.54, 1.807) is 39.3 Å². The van der Waals surface area contributed by atoms with Crippen molar-refractivity contribution in [3.63, 3.8) is 0 Å². The summed E-state index contributed by atoms with van der Waals surface area (Å²) < 4.78 is 16.1. The molecule has 0 N–H and O–H groups in total. The fraction of sp³-hybridized carbons (Fsp3) is 0.333. The zero-order valence-electron chi connectivity index (χ0n) is 14.4. The molecule has 2 aromatic rings. The van der Waals surface area contributed by atoms with Crippen LogP contribution in [0.1, 0.15) is 16.6 Å². The number of benzene rings is 1. The van der Waals surface area contributed by atoms with E-state index in [2.05, 4.69) is 4.98 Å². The Morgan fingerprint density at radius 3 is 2.44 bits per heavy atom. The van der Waals surface area contributed by atoms with Crippen LogP contribution in [-0.4, -0.2) is 42.9 Å². The number of hydrogen-bond acceptors (Lipinski definition) is 6. The topological polar surface area (TPSA) is 60.9 Å². The van der Waals surface area contributed by atoms with Gasteiger partial charge in [0.15, 0.2) is 11.5 Å². The Kier molecular flexibility index (Phi) is 5.33. The van der Waals surface area contributed by atoms with Crippen molar-refractivity contribution in [1.82, 2.24) is 9.88 Å². The number of carbonyl (C=O) groups is 1. The van der Waals surface area contributed by atoms with Crippen molar-refractivity contribution < 1.29 is 19.0 Å². The van der Waals surface area contributed by atoms with Gasteiger partial charge >= 0.3 is 0 Å². The van der Waals surface area contributed by atoms with Crippen LogP contribution in [0.3, 0.4) is 0 Å². The lowest BCUT2D eigenvalue weighted by Gasteiger charge is -2.24. The van der Waals surface area contributed by atoms with Crippen molar-refractivity contribution in [2.24, 2.45) is 0 Å². The molecule has 0 spiro atoms. The standard InChI is InChI=1S/C18H20N2O4S/c1-22-14-8-12(9-15(23-2)17(14)24-3)10-20-16(21)11-25-18(20)13-6-4-5-7-19-13/h4-9,18H,10-11H2,1-3H3. The lowest BCUT2D eigenvalue weighted by Crippen LogP contribution is -2.28. The normalized spacial score (nSPS) is 16.8. The molecule has 1 fully saturated rings. The second kappa shape index (κ2) is 7.65. The highest BCUT2D eigenvalue weighted by atomic mass is 32.2. The number of nitrogens with zero attached hydrogens (tertiary/aromatic N) is 2. The number of thioether (sulfide) groups is 1. The van der Waals surface area contributed by atoms with Crippen molar-refractivity contribution in [2.45, 2.75) is 11.9 Å². The van der Waals surface area contributed by atoms with Gasteiger partial charge in [-0.25, -0.2) is 0 Å². The second-order valence-corrected chi connectivity index (χ2v) is 6.54. The van der Waals surface area contributed by atoms with Crippen molar-refractivity contribution in [3.05, 3.63) is 47.8 Å². The van der Waals surface area contributed by atoms with E-state index in [0.29, 0.717) is 29.5 Å². The van der Waals surface area contributed by atoms with Gasteiger partial charge in [0.1, 0.15) is 5.37 Å². The highest BCUT2D eigenvalue weighted by Crippen LogP contribution is 2.41. The highest BCUT2D eigenvalue weighted by Gasteiger charge is 2.33. The largest absolute Gasteiger partial charge is 0.493 e. The zero-order valence-corrected chi connectivity index (χ0v) is 15.2. The van der Waals surface area contributed by atoms with Gasteiger partial charge in [-0.1, -0.05) is 6.07 Å². The second-order valence-electron chi connectivity index (χ2n) is 5.47. The lowest BCUT2D eigenvalue weighted by atomic mass is 10.1. The van der Waals surface area contributed by atoms with Crippen LogP contribution in [0.15, 0.2) is 36.5 Å². The smallest absolute Gasteiger partial charge is 0.234 e. The molecule has 3 rings (SSSR count). The van der Waals surface area contributed by atoms with Crippen LogP contribution in [-0.2, 0) is 11.3 Å². The molecule has 1 aromatic carbocycles. The molecule has 1 aliphatic heterocycles. The van der Waals surface area contributed by atoms with Gasteiger partial charge in [0.25, 0.3) is 0 Å². The molecular formula is C18H20N2O4S. The van der Waals surface area contributed by atoms with Gasteiger partial charge in [0.2, 0.25) is 11.7 Å². The number of hydrogen-bond donors (Lipinski definition) is 0. The molecule has 0 saturated carbocycles. The minimum Gasteiger partial charge on any atom is -0.493 e. The number of methoxy groups -OCH3 is 3. The molecule has 0 aliphatic carbocycles. The summed E-state index contributed by atoms with van der Waals surface area (Å²) in [6, 6.07) is 9.48. The first-order valence-electron chi connectivity index (χ1n) is 7.78. The summed E-state index contributed by atoms with van der Waals surface area (Å²) in [6.07, 6.45) is 1.75. The molecule has 1 unspecified atom stereocenters. The first kappa shape index (κ1) is 17.4. The van der Waals surface area contributed by atoms with Crippen LogP contribution in [0.2, 0.25) is 0 Å². The van der Waals surface area contributed by atoms with Crippen molar-refractivity contribution in [3.8, 4) is 17.2 Å². The van der Waals surface area contributed by atoms with Gasteiger partial charge in [0.05, 0.1) is 32.8 Å². The van der Waals surface area contributed by atoms with Crippen molar-refractivity contribution >= 4 is 17.7 Å². The Labute approximate surface area is 151 Å². The summed E-state index contributed by atoms with van der Waals surface area (Å²) in [7, 11) is 4.72. The fourth-order valence-corrected chi connectivity index (χ4v) is 3.96. The Morgan fingerprint density at radius 1 is 1.16 bits per heavy atom. The first-order valence-corrected chi connectivity index (χ1v) is 8.83. The van der Waals surface area contributed by atoms with E-state index in [9.17, 15) is 4.79 Å². The third kappa shape index (κ3) is 3.51. The summed E-state index contributed by atoms with van der Waals surface area (Å²) in [6.45, 7) is 0.448. The third-order valence-corrected chi connectivity index (χ3v) is 5.21. The Morgan fingerprint density at radius 2 is 1.88 bits per heavy atom. The summed E-state index contributed by atoms with van der Waals surface area (Å²) >= 11 is 1.59. The SMILES string of the molecule is COc1cc(CN2C(=O)CSC2c2ccccn2)cc(OC)c1OC. The third-order valence-electron chi connectivity index (χ3n) is 3.99. The summed E-state index contributed by atoms with van der Waals surface area (Å²) in [4.78, 5) is 18.6. The van der Waals surface area contributed by atoms with Crippen LogP contribution >= 0.6 is 11.8 Å².